The van der Waals surface area contributed by atoms with E-state index in [1.54, 1.807) is 19.1 Å². The third-order valence-corrected chi connectivity index (χ3v) is 7.37. The van der Waals surface area contributed by atoms with E-state index in [9.17, 15) is 13.2 Å². The summed E-state index contributed by atoms with van der Waals surface area (Å²) in [5.74, 6) is 1.00. The van der Waals surface area contributed by atoms with Crippen molar-refractivity contribution in [3.63, 3.8) is 0 Å². The van der Waals surface area contributed by atoms with E-state index < -0.39 is 10.0 Å². The van der Waals surface area contributed by atoms with Gasteiger partial charge < -0.3 is 19.5 Å². The molecule has 31 heavy (non-hydrogen) atoms. The highest BCUT2D eigenvalue weighted by atomic mass is 32.2. The fourth-order valence-electron chi connectivity index (χ4n) is 3.63. The molecule has 2 heterocycles. The highest BCUT2D eigenvalue weighted by Crippen LogP contribution is 2.32. The quantitative estimate of drug-likeness (QED) is 0.757. The minimum atomic E-state index is -3.68. The largest absolute Gasteiger partial charge is 0.486 e. The van der Waals surface area contributed by atoms with Gasteiger partial charge in [-0.3, -0.25) is 4.79 Å². The van der Waals surface area contributed by atoms with E-state index in [4.69, 9.17) is 14.2 Å². The van der Waals surface area contributed by atoms with Crippen LogP contribution in [0, 0.1) is 6.92 Å². The maximum absolute atomic E-state index is 13.0. The lowest BCUT2D eigenvalue weighted by atomic mass is 10.0. The Morgan fingerprint density at radius 1 is 1.00 bits per heavy atom. The summed E-state index contributed by atoms with van der Waals surface area (Å²) in [7, 11) is -3.68. The highest BCUT2D eigenvalue weighted by molar-refractivity contribution is 7.89. The van der Waals surface area contributed by atoms with Gasteiger partial charge in [-0.05, 0) is 49.2 Å². The van der Waals surface area contributed by atoms with Gasteiger partial charge in [0.2, 0.25) is 10.0 Å². The lowest BCUT2D eigenvalue weighted by Gasteiger charge is -2.26. The maximum atomic E-state index is 13.0. The number of carbonyl (C=O) groups excluding carboxylic acids is 1. The van der Waals surface area contributed by atoms with Crippen LogP contribution in [-0.4, -0.2) is 58.1 Å². The van der Waals surface area contributed by atoms with Gasteiger partial charge in [0.05, 0.1) is 24.2 Å². The number of hydrogen-bond donors (Lipinski definition) is 1. The van der Waals surface area contributed by atoms with E-state index in [2.05, 4.69) is 5.32 Å². The molecule has 0 aliphatic carbocycles. The molecule has 0 spiro atoms. The number of carbonyl (C=O) groups is 1. The van der Waals surface area contributed by atoms with Crippen molar-refractivity contribution in [3.05, 3.63) is 53.1 Å². The summed E-state index contributed by atoms with van der Waals surface area (Å²) < 4.78 is 43.7. The van der Waals surface area contributed by atoms with E-state index in [1.807, 2.05) is 25.1 Å². The summed E-state index contributed by atoms with van der Waals surface area (Å²) in [6, 6.07) is 9.91. The summed E-state index contributed by atoms with van der Waals surface area (Å²) in [5, 5.41) is 2.95. The molecule has 0 saturated carbocycles. The number of nitrogens with zero attached hydrogens (tertiary/aromatic N) is 1. The number of morpholine rings is 1. The molecule has 1 fully saturated rings. The molecule has 2 aliphatic heterocycles. The fraction of sp³-hybridized carbons (Fsp3) is 0.409. The normalized spacial score (nSPS) is 17.7. The predicted octanol–water partition coefficient (Wildman–Crippen LogP) is 2.28. The average molecular weight is 447 g/mol. The zero-order chi connectivity index (χ0) is 22.0. The number of aryl methyl sites for hydroxylation is 1. The van der Waals surface area contributed by atoms with E-state index in [-0.39, 0.29) is 16.8 Å². The van der Waals surface area contributed by atoms with Crippen LogP contribution in [0.15, 0.2) is 41.3 Å². The topological polar surface area (TPSA) is 94.2 Å². The second-order valence-corrected chi connectivity index (χ2v) is 9.53. The Bertz CT molecular complexity index is 1080. The Kier molecular flexibility index (Phi) is 6.17. The van der Waals surface area contributed by atoms with Crippen molar-refractivity contribution >= 4 is 15.9 Å². The molecule has 4 rings (SSSR count). The molecule has 0 unspecified atom stereocenters. The number of fused-ring (bicyclic) bond motifs is 1. The molecule has 1 amide bonds. The summed E-state index contributed by atoms with van der Waals surface area (Å²) in [5.41, 5.74) is 1.90. The van der Waals surface area contributed by atoms with Gasteiger partial charge in [-0.2, -0.15) is 4.31 Å². The highest BCUT2D eigenvalue weighted by Gasteiger charge is 2.27. The summed E-state index contributed by atoms with van der Waals surface area (Å²) >= 11 is 0. The van der Waals surface area contributed by atoms with Crippen molar-refractivity contribution < 1.29 is 27.4 Å². The molecule has 2 aliphatic rings. The molecule has 1 atom stereocenters. The zero-order valence-corrected chi connectivity index (χ0v) is 18.4. The van der Waals surface area contributed by atoms with E-state index >= 15 is 0 Å². The first-order chi connectivity index (χ1) is 14.9. The summed E-state index contributed by atoms with van der Waals surface area (Å²) in [4.78, 5) is 13.1. The second-order valence-electron chi connectivity index (χ2n) is 7.59. The number of hydrogen-bond acceptors (Lipinski definition) is 6. The molecule has 0 aromatic heterocycles. The van der Waals surface area contributed by atoms with Crippen LogP contribution in [0.4, 0.5) is 0 Å². The Hall–Kier alpha value is -2.62. The average Bonchev–Trinajstić information content (AvgIpc) is 2.79. The molecular formula is C22H26N2O6S. The molecule has 2 aromatic carbocycles. The molecular weight excluding hydrogens is 420 g/mol. The predicted molar refractivity (Wildman–Crippen MR) is 114 cm³/mol. The number of rotatable bonds is 5. The third-order valence-electron chi connectivity index (χ3n) is 5.48. The van der Waals surface area contributed by atoms with Crippen LogP contribution >= 0.6 is 0 Å². The summed E-state index contributed by atoms with van der Waals surface area (Å²) in [6.45, 7) is 6.00. The Morgan fingerprint density at radius 3 is 2.45 bits per heavy atom. The Labute approximate surface area is 182 Å². The van der Waals surface area contributed by atoms with Crippen molar-refractivity contribution in [2.45, 2.75) is 24.8 Å². The number of benzene rings is 2. The molecule has 1 saturated heterocycles. The molecule has 1 N–H and O–H groups in total. The molecule has 0 radical (unpaired) electrons. The monoisotopic (exact) mass is 446 g/mol. The van der Waals surface area contributed by atoms with E-state index in [0.717, 1.165) is 5.56 Å². The van der Waals surface area contributed by atoms with Crippen molar-refractivity contribution in [1.29, 1.82) is 0 Å². The molecule has 166 valence electrons. The van der Waals surface area contributed by atoms with Crippen molar-refractivity contribution in [2.24, 2.45) is 0 Å². The van der Waals surface area contributed by atoms with E-state index in [0.29, 0.717) is 62.1 Å². The van der Waals surface area contributed by atoms with Crippen molar-refractivity contribution in [1.82, 2.24) is 9.62 Å². The van der Waals surface area contributed by atoms with Crippen LogP contribution in [0.25, 0.3) is 0 Å². The SMILES string of the molecule is Cc1ccc(S(=O)(=O)N2CCOCC2)cc1C(=O)N[C@H](C)c1ccc2c(c1)OCCO2. The Balaban J connectivity index is 1.53. The fourth-order valence-corrected chi connectivity index (χ4v) is 5.06. The van der Waals surface area contributed by atoms with Crippen LogP contribution in [0.3, 0.4) is 0 Å². The van der Waals surface area contributed by atoms with Crippen molar-refractivity contribution in [3.8, 4) is 11.5 Å². The van der Waals surface area contributed by atoms with Gasteiger partial charge in [-0.1, -0.05) is 12.1 Å². The smallest absolute Gasteiger partial charge is 0.252 e. The van der Waals surface area contributed by atoms with Crippen LogP contribution in [0.5, 0.6) is 11.5 Å². The first-order valence-corrected chi connectivity index (χ1v) is 11.7. The standard InChI is InChI=1S/C22H26N2O6S/c1-15-3-5-18(31(26,27)24-7-9-28-10-8-24)14-19(15)22(25)23-16(2)17-4-6-20-21(13-17)30-12-11-29-20/h3-6,13-14,16H,7-12H2,1-2H3,(H,23,25)/t16-/m1/s1. The van der Waals surface area contributed by atoms with Crippen LogP contribution < -0.4 is 14.8 Å². The first-order valence-electron chi connectivity index (χ1n) is 10.3. The van der Waals surface area contributed by atoms with Crippen LogP contribution in [-0.2, 0) is 14.8 Å². The van der Waals surface area contributed by atoms with Gasteiger partial charge in [0, 0.05) is 18.7 Å². The minimum Gasteiger partial charge on any atom is -0.486 e. The van der Waals surface area contributed by atoms with Crippen LogP contribution in [0.1, 0.15) is 34.5 Å². The van der Waals surface area contributed by atoms with Gasteiger partial charge in [-0.25, -0.2) is 8.42 Å². The van der Waals surface area contributed by atoms with Gasteiger partial charge in [0.25, 0.3) is 5.91 Å². The number of amides is 1. The van der Waals surface area contributed by atoms with Crippen molar-refractivity contribution in [2.75, 3.05) is 39.5 Å². The van der Waals surface area contributed by atoms with Gasteiger partial charge in [0.1, 0.15) is 13.2 Å². The molecule has 9 heteroatoms. The number of ether oxygens (including phenoxy) is 3. The minimum absolute atomic E-state index is 0.108. The number of nitrogens with one attached hydrogen (secondary N) is 1. The molecule has 2 aromatic rings. The van der Waals surface area contributed by atoms with Gasteiger partial charge in [0.15, 0.2) is 11.5 Å². The van der Waals surface area contributed by atoms with E-state index in [1.165, 1.54) is 10.4 Å². The molecule has 8 nitrogen and oxygen atoms in total. The maximum Gasteiger partial charge on any atom is 0.252 e. The third kappa shape index (κ3) is 4.53. The molecule has 0 bridgehead atoms. The lowest BCUT2D eigenvalue weighted by Crippen LogP contribution is -2.40. The second kappa shape index (κ2) is 8.86. The van der Waals surface area contributed by atoms with Gasteiger partial charge in [-0.15, -0.1) is 0 Å². The first kappa shape index (κ1) is 21.6. The number of sulfonamides is 1. The lowest BCUT2D eigenvalue weighted by molar-refractivity contribution is 0.0730. The zero-order valence-electron chi connectivity index (χ0n) is 17.6. The van der Waals surface area contributed by atoms with Gasteiger partial charge >= 0.3 is 0 Å². The Morgan fingerprint density at radius 2 is 1.71 bits per heavy atom. The van der Waals surface area contributed by atoms with Crippen LogP contribution in [0.2, 0.25) is 0 Å². The summed E-state index contributed by atoms with van der Waals surface area (Å²) in [6.07, 6.45) is 0.